The van der Waals surface area contributed by atoms with Crippen molar-refractivity contribution in [2.45, 2.75) is 13.3 Å². The van der Waals surface area contributed by atoms with Crippen molar-refractivity contribution in [3.63, 3.8) is 0 Å². The van der Waals surface area contributed by atoms with Crippen molar-refractivity contribution >= 4 is 18.4 Å². The topological polar surface area (TPSA) is 76.7 Å². The van der Waals surface area contributed by atoms with Crippen LogP contribution in [-0.4, -0.2) is 39.6 Å². The monoisotopic (exact) mass is 306 g/mol. The molecule has 0 aromatic heterocycles. The molecule has 2 amide bonds. The summed E-state index contributed by atoms with van der Waals surface area (Å²) >= 11 is 0. The predicted molar refractivity (Wildman–Crippen MR) is 84.9 cm³/mol. The van der Waals surface area contributed by atoms with Crippen LogP contribution in [0.1, 0.15) is 18.9 Å². The first-order chi connectivity index (χ1) is 10.6. The van der Waals surface area contributed by atoms with Crippen LogP contribution in [0.5, 0.6) is 11.5 Å². The SMILES string of the molecule is COc1ccc(/C=C(\C)C(=O)NCCCNC=O)cc1OC. The lowest BCUT2D eigenvalue weighted by Crippen LogP contribution is -2.27. The highest BCUT2D eigenvalue weighted by Crippen LogP contribution is 2.28. The van der Waals surface area contributed by atoms with Crippen molar-refractivity contribution in [3.05, 3.63) is 29.3 Å². The van der Waals surface area contributed by atoms with Gasteiger partial charge < -0.3 is 20.1 Å². The van der Waals surface area contributed by atoms with Crippen LogP contribution in [0.3, 0.4) is 0 Å². The average molecular weight is 306 g/mol. The number of ether oxygens (including phenoxy) is 2. The lowest BCUT2D eigenvalue weighted by molar-refractivity contribution is -0.117. The highest BCUT2D eigenvalue weighted by Gasteiger charge is 2.06. The molecule has 0 bridgehead atoms. The summed E-state index contributed by atoms with van der Waals surface area (Å²) in [7, 11) is 3.14. The van der Waals surface area contributed by atoms with Gasteiger partial charge in [-0.2, -0.15) is 0 Å². The van der Waals surface area contributed by atoms with Gasteiger partial charge in [0.05, 0.1) is 14.2 Å². The molecule has 120 valence electrons. The summed E-state index contributed by atoms with van der Waals surface area (Å²) in [4.78, 5) is 22.0. The van der Waals surface area contributed by atoms with Crippen molar-refractivity contribution in [1.29, 1.82) is 0 Å². The minimum atomic E-state index is -0.138. The molecule has 0 spiro atoms. The van der Waals surface area contributed by atoms with Crippen LogP contribution in [0.4, 0.5) is 0 Å². The maximum Gasteiger partial charge on any atom is 0.246 e. The zero-order valence-electron chi connectivity index (χ0n) is 13.1. The normalized spacial score (nSPS) is 10.8. The van der Waals surface area contributed by atoms with Gasteiger partial charge in [-0.25, -0.2) is 0 Å². The quantitative estimate of drug-likeness (QED) is 0.410. The second-order valence-corrected chi connectivity index (χ2v) is 4.62. The molecule has 0 saturated carbocycles. The van der Waals surface area contributed by atoms with Gasteiger partial charge in [-0.1, -0.05) is 6.07 Å². The standard InChI is InChI=1S/C16H22N2O4/c1-12(16(20)18-8-4-7-17-11-19)9-13-5-6-14(21-2)15(10-13)22-3/h5-6,9-11H,4,7-8H2,1-3H3,(H,17,19)(H,18,20)/b12-9+. The van der Waals surface area contributed by atoms with E-state index >= 15 is 0 Å². The Hall–Kier alpha value is -2.50. The first-order valence-corrected chi connectivity index (χ1v) is 6.98. The molecule has 2 N–H and O–H groups in total. The van der Waals surface area contributed by atoms with Gasteiger partial charge in [-0.05, 0) is 37.1 Å². The number of hydrogen-bond acceptors (Lipinski definition) is 4. The summed E-state index contributed by atoms with van der Waals surface area (Å²) in [6, 6.07) is 5.46. The summed E-state index contributed by atoms with van der Waals surface area (Å²) in [6.45, 7) is 2.80. The second kappa shape index (κ2) is 9.44. The van der Waals surface area contributed by atoms with Crippen LogP contribution >= 0.6 is 0 Å². The van der Waals surface area contributed by atoms with Gasteiger partial charge in [0.15, 0.2) is 11.5 Å². The predicted octanol–water partition coefficient (Wildman–Crippen LogP) is 1.36. The van der Waals surface area contributed by atoms with Crippen LogP contribution in [0.15, 0.2) is 23.8 Å². The molecule has 0 heterocycles. The number of benzene rings is 1. The van der Waals surface area contributed by atoms with Crippen LogP contribution in [-0.2, 0) is 9.59 Å². The molecule has 1 rings (SSSR count). The zero-order valence-corrected chi connectivity index (χ0v) is 13.1. The average Bonchev–Trinajstić information content (AvgIpc) is 2.54. The molecule has 0 aliphatic heterocycles. The van der Waals surface area contributed by atoms with Crippen molar-refractivity contribution in [2.75, 3.05) is 27.3 Å². The molecule has 0 aliphatic carbocycles. The Bertz CT molecular complexity index is 541. The number of nitrogens with one attached hydrogen (secondary N) is 2. The molecular weight excluding hydrogens is 284 g/mol. The number of methoxy groups -OCH3 is 2. The van der Waals surface area contributed by atoms with Gasteiger partial charge in [0.2, 0.25) is 12.3 Å². The smallest absolute Gasteiger partial charge is 0.246 e. The van der Waals surface area contributed by atoms with E-state index in [4.69, 9.17) is 9.47 Å². The van der Waals surface area contributed by atoms with Gasteiger partial charge in [0.25, 0.3) is 0 Å². The minimum Gasteiger partial charge on any atom is -0.493 e. The summed E-state index contributed by atoms with van der Waals surface area (Å²) < 4.78 is 10.4. The lowest BCUT2D eigenvalue weighted by Gasteiger charge is -2.09. The zero-order chi connectivity index (χ0) is 16.4. The molecule has 0 aliphatic rings. The number of amides is 2. The molecule has 0 unspecified atom stereocenters. The highest BCUT2D eigenvalue weighted by atomic mass is 16.5. The van der Waals surface area contributed by atoms with E-state index in [1.807, 2.05) is 12.1 Å². The number of hydrogen-bond donors (Lipinski definition) is 2. The van der Waals surface area contributed by atoms with Crippen LogP contribution in [0.25, 0.3) is 6.08 Å². The third-order valence-electron chi connectivity index (χ3n) is 3.02. The van der Waals surface area contributed by atoms with E-state index in [0.717, 1.165) is 5.56 Å². The van der Waals surface area contributed by atoms with E-state index in [2.05, 4.69) is 10.6 Å². The molecule has 0 atom stereocenters. The van der Waals surface area contributed by atoms with E-state index in [0.29, 0.717) is 43.0 Å². The molecule has 1 aromatic carbocycles. The Morgan fingerprint density at radius 3 is 2.55 bits per heavy atom. The van der Waals surface area contributed by atoms with Crippen molar-refractivity contribution < 1.29 is 19.1 Å². The Morgan fingerprint density at radius 2 is 1.91 bits per heavy atom. The van der Waals surface area contributed by atoms with Crippen LogP contribution in [0.2, 0.25) is 0 Å². The maximum absolute atomic E-state index is 11.9. The third-order valence-corrected chi connectivity index (χ3v) is 3.02. The van der Waals surface area contributed by atoms with E-state index in [-0.39, 0.29) is 5.91 Å². The second-order valence-electron chi connectivity index (χ2n) is 4.62. The van der Waals surface area contributed by atoms with Gasteiger partial charge in [-0.3, -0.25) is 9.59 Å². The Labute approximate surface area is 130 Å². The number of rotatable bonds is 9. The van der Waals surface area contributed by atoms with Crippen LogP contribution in [0, 0.1) is 0 Å². The molecule has 0 radical (unpaired) electrons. The molecule has 0 saturated heterocycles. The number of carbonyl (C=O) groups excluding carboxylic acids is 2. The number of carbonyl (C=O) groups is 2. The van der Waals surface area contributed by atoms with Crippen molar-refractivity contribution in [3.8, 4) is 11.5 Å². The maximum atomic E-state index is 11.9. The van der Waals surface area contributed by atoms with E-state index in [9.17, 15) is 9.59 Å². The molecule has 0 fully saturated rings. The Kier molecular flexibility index (Phi) is 7.53. The van der Waals surface area contributed by atoms with Gasteiger partial charge in [0, 0.05) is 18.7 Å². The molecular formula is C16H22N2O4. The van der Waals surface area contributed by atoms with E-state index in [1.165, 1.54) is 0 Å². The minimum absolute atomic E-state index is 0.138. The molecule has 6 heteroatoms. The lowest BCUT2D eigenvalue weighted by atomic mass is 10.1. The fourth-order valence-corrected chi connectivity index (χ4v) is 1.85. The van der Waals surface area contributed by atoms with Gasteiger partial charge in [0.1, 0.15) is 0 Å². The van der Waals surface area contributed by atoms with Crippen molar-refractivity contribution in [2.24, 2.45) is 0 Å². The van der Waals surface area contributed by atoms with Gasteiger partial charge in [-0.15, -0.1) is 0 Å². The van der Waals surface area contributed by atoms with Crippen LogP contribution < -0.4 is 20.1 Å². The summed E-state index contributed by atoms with van der Waals surface area (Å²) in [5, 5.41) is 5.34. The summed E-state index contributed by atoms with van der Waals surface area (Å²) in [5.74, 6) is 1.12. The summed E-state index contributed by atoms with van der Waals surface area (Å²) in [5.41, 5.74) is 1.45. The van der Waals surface area contributed by atoms with Gasteiger partial charge >= 0.3 is 0 Å². The fourth-order valence-electron chi connectivity index (χ4n) is 1.85. The molecule has 22 heavy (non-hydrogen) atoms. The highest BCUT2D eigenvalue weighted by molar-refractivity contribution is 5.97. The first-order valence-electron chi connectivity index (χ1n) is 6.98. The first kappa shape index (κ1) is 17.6. The third kappa shape index (κ3) is 5.47. The Morgan fingerprint density at radius 1 is 1.18 bits per heavy atom. The summed E-state index contributed by atoms with van der Waals surface area (Å²) in [6.07, 6.45) is 3.11. The Balaban J connectivity index is 2.63. The fraction of sp³-hybridized carbons (Fsp3) is 0.375. The molecule has 1 aromatic rings. The van der Waals surface area contributed by atoms with E-state index < -0.39 is 0 Å². The van der Waals surface area contributed by atoms with Crippen molar-refractivity contribution in [1.82, 2.24) is 10.6 Å². The molecule has 6 nitrogen and oxygen atoms in total. The largest absolute Gasteiger partial charge is 0.493 e. The van der Waals surface area contributed by atoms with E-state index in [1.54, 1.807) is 33.3 Å².